The Balaban J connectivity index is 1.57. The van der Waals surface area contributed by atoms with Crippen LogP contribution >= 0.6 is 0 Å². The molecule has 2 aromatic rings. The van der Waals surface area contributed by atoms with Gasteiger partial charge in [-0.1, -0.05) is 17.2 Å². The average molecular weight is 313 g/mol. The minimum atomic E-state index is -0.860. The summed E-state index contributed by atoms with van der Waals surface area (Å²) in [6, 6.07) is 6.30. The molecule has 0 spiro atoms. The van der Waals surface area contributed by atoms with Crippen LogP contribution in [0.3, 0.4) is 0 Å². The number of imide groups is 1. The van der Waals surface area contributed by atoms with Gasteiger partial charge in [0.25, 0.3) is 11.8 Å². The van der Waals surface area contributed by atoms with Crippen LogP contribution in [-0.4, -0.2) is 39.0 Å². The lowest BCUT2D eigenvalue weighted by molar-refractivity contribution is -0.0588. The number of aromatic nitrogens is 2. The van der Waals surface area contributed by atoms with Gasteiger partial charge in [-0.2, -0.15) is 0 Å². The van der Waals surface area contributed by atoms with Crippen LogP contribution < -0.4 is 0 Å². The first-order valence-electron chi connectivity index (χ1n) is 6.99. The number of hydrogen-bond donors (Lipinski definition) is 0. The summed E-state index contributed by atoms with van der Waals surface area (Å²) < 4.78 is 7.02. The van der Waals surface area contributed by atoms with Crippen molar-refractivity contribution in [2.45, 2.75) is 13.2 Å². The lowest BCUT2D eigenvalue weighted by atomic mass is 10.1. The van der Waals surface area contributed by atoms with E-state index in [1.165, 1.54) is 18.3 Å². The van der Waals surface area contributed by atoms with Crippen LogP contribution in [0.4, 0.5) is 0 Å². The number of amides is 2. The molecule has 0 aliphatic carbocycles. The summed E-state index contributed by atoms with van der Waals surface area (Å²) >= 11 is 0. The molecule has 0 saturated heterocycles. The second kappa shape index (κ2) is 5.03. The molecular formula is C15H11N3O5. The third-order valence-electron chi connectivity index (χ3n) is 3.71. The van der Waals surface area contributed by atoms with E-state index in [1.54, 1.807) is 16.7 Å². The maximum Gasteiger partial charge on any atom is 0.383 e. The molecule has 23 heavy (non-hydrogen) atoms. The minimum Gasteiger partial charge on any atom is -0.372 e. The Morgan fingerprint density at radius 2 is 1.87 bits per heavy atom. The van der Waals surface area contributed by atoms with Gasteiger partial charge in [0, 0.05) is 12.7 Å². The molecule has 0 unspecified atom stereocenters. The first-order chi connectivity index (χ1) is 11.1. The summed E-state index contributed by atoms with van der Waals surface area (Å²) in [5.41, 5.74) is 0.452. The number of rotatable bonds is 2. The Labute approximate surface area is 130 Å². The van der Waals surface area contributed by atoms with E-state index in [2.05, 4.69) is 4.98 Å². The predicted octanol–water partition coefficient (Wildman–Crippen LogP) is 0.781. The van der Waals surface area contributed by atoms with Gasteiger partial charge in [-0.15, -0.1) is 0 Å². The van der Waals surface area contributed by atoms with Gasteiger partial charge in [0.2, 0.25) is 0 Å². The van der Waals surface area contributed by atoms with Crippen LogP contribution in [-0.2, 0) is 22.7 Å². The molecule has 2 amide bonds. The topological polar surface area (TPSA) is 90.7 Å². The lowest BCUT2D eigenvalue weighted by Crippen LogP contribution is -2.32. The van der Waals surface area contributed by atoms with Crippen molar-refractivity contribution in [1.82, 2.24) is 14.6 Å². The Kier molecular flexibility index (Phi) is 2.98. The van der Waals surface area contributed by atoms with Crippen molar-refractivity contribution < 1.29 is 24.0 Å². The predicted molar refractivity (Wildman–Crippen MR) is 74.2 cm³/mol. The Hall–Kier alpha value is -3.00. The molecule has 8 nitrogen and oxygen atoms in total. The molecule has 2 aliphatic rings. The standard InChI is InChI=1S/C15H11N3O5/c19-13-9-3-1-2-4-10(9)14(20)18(13)23-15(21)11-7-17-5-6-22-8-12(17)16-11/h1-4,7H,5-6,8H2. The van der Waals surface area contributed by atoms with Crippen molar-refractivity contribution >= 4 is 17.8 Å². The van der Waals surface area contributed by atoms with E-state index < -0.39 is 17.8 Å². The zero-order valence-corrected chi connectivity index (χ0v) is 11.9. The summed E-state index contributed by atoms with van der Waals surface area (Å²) in [6.07, 6.45) is 1.53. The van der Waals surface area contributed by atoms with Gasteiger partial charge >= 0.3 is 5.97 Å². The molecule has 0 saturated carbocycles. The molecule has 0 fully saturated rings. The molecule has 1 aromatic carbocycles. The Bertz CT molecular complexity index is 783. The molecule has 0 bridgehead atoms. The smallest absolute Gasteiger partial charge is 0.372 e. The third-order valence-corrected chi connectivity index (χ3v) is 3.71. The first-order valence-corrected chi connectivity index (χ1v) is 6.99. The quantitative estimate of drug-likeness (QED) is 0.761. The van der Waals surface area contributed by atoms with Crippen molar-refractivity contribution in [3.63, 3.8) is 0 Å². The lowest BCUT2D eigenvalue weighted by Gasteiger charge is -2.13. The van der Waals surface area contributed by atoms with E-state index in [-0.39, 0.29) is 16.8 Å². The second-order valence-electron chi connectivity index (χ2n) is 5.12. The molecule has 0 radical (unpaired) electrons. The summed E-state index contributed by atoms with van der Waals surface area (Å²) in [7, 11) is 0. The van der Waals surface area contributed by atoms with Crippen molar-refractivity contribution in [2.24, 2.45) is 0 Å². The van der Waals surface area contributed by atoms with Crippen LogP contribution in [0.2, 0.25) is 0 Å². The van der Waals surface area contributed by atoms with Gasteiger partial charge in [0.1, 0.15) is 12.4 Å². The van der Waals surface area contributed by atoms with Crippen molar-refractivity contribution in [3.8, 4) is 0 Å². The van der Waals surface area contributed by atoms with E-state index in [0.717, 1.165) is 0 Å². The number of benzene rings is 1. The van der Waals surface area contributed by atoms with E-state index >= 15 is 0 Å². The van der Waals surface area contributed by atoms with Crippen LogP contribution in [0.15, 0.2) is 30.5 Å². The summed E-state index contributed by atoms with van der Waals surface area (Å²) in [5.74, 6) is -1.58. The number of hydrogen-bond acceptors (Lipinski definition) is 6. The molecular weight excluding hydrogens is 302 g/mol. The molecule has 1 aromatic heterocycles. The van der Waals surface area contributed by atoms with E-state index in [4.69, 9.17) is 9.57 Å². The van der Waals surface area contributed by atoms with Crippen molar-refractivity contribution in [1.29, 1.82) is 0 Å². The Morgan fingerprint density at radius 3 is 2.52 bits per heavy atom. The highest BCUT2D eigenvalue weighted by Gasteiger charge is 2.39. The number of fused-ring (bicyclic) bond motifs is 2. The number of hydroxylamine groups is 2. The molecule has 2 aliphatic heterocycles. The molecule has 8 heteroatoms. The number of carbonyl (C=O) groups excluding carboxylic acids is 3. The molecule has 4 rings (SSSR count). The van der Waals surface area contributed by atoms with Gasteiger partial charge in [-0.05, 0) is 12.1 Å². The molecule has 0 N–H and O–H groups in total. The highest BCUT2D eigenvalue weighted by atomic mass is 16.7. The fourth-order valence-corrected chi connectivity index (χ4v) is 2.57. The van der Waals surface area contributed by atoms with Gasteiger partial charge in [-0.3, -0.25) is 9.59 Å². The molecule has 0 atom stereocenters. The number of imidazole rings is 1. The highest BCUT2D eigenvalue weighted by Crippen LogP contribution is 2.23. The van der Waals surface area contributed by atoms with Gasteiger partial charge in [0.05, 0.1) is 17.7 Å². The van der Waals surface area contributed by atoms with Gasteiger partial charge in [-0.25, -0.2) is 9.78 Å². The maximum absolute atomic E-state index is 12.2. The first kappa shape index (κ1) is 13.6. The Morgan fingerprint density at radius 1 is 1.17 bits per heavy atom. The number of nitrogens with zero attached hydrogens (tertiary/aromatic N) is 3. The highest BCUT2D eigenvalue weighted by molar-refractivity contribution is 6.21. The van der Waals surface area contributed by atoms with Crippen LogP contribution in [0.25, 0.3) is 0 Å². The zero-order valence-electron chi connectivity index (χ0n) is 11.9. The summed E-state index contributed by atoms with van der Waals surface area (Å²) in [6.45, 7) is 1.43. The van der Waals surface area contributed by atoms with Crippen LogP contribution in [0.1, 0.15) is 37.0 Å². The number of ether oxygens (including phenoxy) is 1. The summed E-state index contributed by atoms with van der Waals surface area (Å²) in [4.78, 5) is 45.5. The largest absolute Gasteiger partial charge is 0.383 e. The SMILES string of the molecule is O=C(ON1C(=O)c2ccccc2C1=O)c1cn2c(n1)COCC2. The van der Waals surface area contributed by atoms with Gasteiger partial charge < -0.3 is 14.1 Å². The van der Waals surface area contributed by atoms with E-state index in [0.29, 0.717) is 30.6 Å². The maximum atomic E-state index is 12.2. The average Bonchev–Trinajstić information content (AvgIpc) is 3.11. The molecule has 116 valence electrons. The normalized spacial score (nSPS) is 16.3. The van der Waals surface area contributed by atoms with Crippen LogP contribution in [0.5, 0.6) is 0 Å². The zero-order chi connectivity index (χ0) is 16.0. The monoisotopic (exact) mass is 313 g/mol. The van der Waals surface area contributed by atoms with Crippen molar-refractivity contribution in [3.05, 3.63) is 53.1 Å². The molecule has 3 heterocycles. The fourth-order valence-electron chi connectivity index (χ4n) is 2.57. The van der Waals surface area contributed by atoms with E-state index in [9.17, 15) is 14.4 Å². The minimum absolute atomic E-state index is 0.0297. The fraction of sp³-hybridized carbons (Fsp3) is 0.200. The second-order valence-corrected chi connectivity index (χ2v) is 5.12. The van der Waals surface area contributed by atoms with Crippen LogP contribution in [0, 0.1) is 0 Å². The van der Waals surface area contributed by atoms with Crippen molar-refractivity contribution in [2.75, 3.05) is 6.61 Å². The van der Waals surface area contributed by atoms with E-state index in [1.807, 2.05) is 0 Å². The number of carbonyl (C=O) groups is 3. The third kappa shape index (κ3) is 2.11. The summed E-state index contributed by atoms with van der Waals surface area (Å²) in [5, 5.41) is 0.474. The van der Waals surface area contributed by atoms with Gasteiger partial charge in [0.15, 0.2) is 5.69 Å².